The minimum atomic E-state index is -0.515. The Morgan fingerprint density at radius 1 is 1.11 bits per heavy atom. The fourth-order valence-corrected chi connectivity index (χ4v) is 1.52. The Kier molecular flexibility index (Phi) is 3.51. The van der Waals surface area contributed by atoms with Crippen molar-refractivity contribution in [2.24, 2.45) is 10.2 Å². The lowest BCUT2D eigenvalue weighted by Crippen LogP contribution is -1.88. The normalized spacial score (nSPS) is 10.8. The summed E-state index contributed by atoms with van der Waals surface area (Å²) in [5.74, 6) is -0.0263. The molecule has 19 heavy (non-hydrogen) atoms. The van der Waals surface area contributed by atoms with E-state index < -0.39 is 4.92 Å². The highest BCUT2D eigenvalue weighted by Crippen LogP contribution is 2.32. The van der Waals surface area contributed by atoms with Gasteiger partial charge in [-0.3, -0.25) is 10.1 Å². The number of phenols is 1. The zero-order valence-corrected chi connectivity index (χ0v) is 10.1. The lowest BCUT2D eigenvalue weighted by atomic mass is 10.2. The number of azo groups is 1. The number of aromatic hydroxyl groups is 1. The Morgan fingerprint density at radius 2 is 1.79 bits per heavy atom. The molecule has 0 aliphatic carbocycles. The summed E-state index contributed by atoms with van der Waals surface area (Å²) in [7, 11) is 0. The van der Waals surface area contributed by atoms with Crippen molar-refractivity contribution >= 4 is 17.1 Å². The van der Waals surface area contributed by atoms with Crippen molar-refractivity contribution in [2.45, 2.75) is 6.92 Å². The van der Waals surface area contributed by atoms with E-state index in [1.807, 2.05) is 6.92 Å². The van der Waals surface area contributed by atoms with Gasteiger partial charge in [0.15, 0.2) is 5.69 Å². The van der Waals surface area contributed by atoms with Gasteiger partial charge in [0.25, 0.3) is 5.69 Å². The van der Waals surface area contributed by atoms with Gasteiger partial charge >= 0.3 is 0 Å². The number of nitro benzene ring substituents is 1. The molecule has 6 nitrogen and oxygen atoms in total. The van der Waals surface area contributed by atoms with Crippen LogP contribution in [-0.4, -0.2) is 10.0 Å². The summed E-state index contributed by atoms with van der Waals surface area (Å²) in [5, 5.41) is 28.1. The molecule has 2 aromatic carbocycles. The van der Waals surface area contributed by atoms with E-state index in [4.69, 9.17) is 0 Å². The number of nitrogens with zero attached hydrogens (tertiary/aromatic N) is 3. The van der Waals surface area contributed by atoms with E-state index in [0.717, 1.165) is 5.56 Å². The van der Waals surface area contributed by atoms with E-state index >= 15 is 0 Å². The largest absolute Gasteiger partial charge is 0.506 e. The van der Waals surface area contributed by atoms with Crippen LogP contribution in [-0.2, 0) is 0 Å². The first kappa shape index (κ1) is 12.7. The zero-order valence-electron chi connectivity index (χ0n) is 10.1. The number of rotatable bonds is 3. The summed E-state index contributed by atoms with van der Waals surface area (Å²) >= 11 is 0. The third-order valence-corrected chi connectivity index (χ3v) is 2.47. The van der Waals surface area contributed by atoms with E-state index in [9.17, 15) is 15.2 Å². The van der Waals surface area contributed by atoms with Crippen LogP contribution in [0.4, 0.5) is 17.1 Å². The first-order valence-electron chi connectivity index (χ1n) is 5.52. The Hall–Kier alpha value is -2.76. The topological polar surface area (TPSA) is 88.1 Å². The van der Waals surface area contributed by atoms with Crippen molar-refractivity contribution in [3.8, 4) is 5.75 Å². The molecular weight excluding hydrogens is 246 g/mol. The van der Waals surface area contributed by atoms with E-state index in [-0.39, 0.29) is 22.8 Å². The molecule has 0 aliphatic rings. The first-order valence-corrected chi connectivity index (χ1v) is 5.52. The summed E-state index contributed by atoms with van der Waals surface area (Å²) in [4.78, 5) is 10.4. The predicted octanol–water partition coefficient (Wildman–Crippen LogP) is 4.02. The smallest absolute Gasteiger partial charge is 0.296 e. The van der Waals surface area contributed by atoms with Gasteiger partial charge in [0.05, 0.1) is 4.92 Å². The maximum absolute atomic E-state index is 10.9. The van der Waals surface area contributed by atoms with Gasteiger partial charge in [0, 0.05) is 6.07 Å². The van der Waals surface area contributed by atoms with Gasteiger partial charge in [-0.2, -0.15) is 0 Å². The standard InChI is InChI=1S/C13H11N3O3/c1-9-6-7-12(16(18)19)11(8-9)15-14-10-4-2-3-5-13(10)17/h2-8,17H,1H3. The van der Waals surface area contributed by atoms with Crippen molar-refractivity contribution in [3.63, 3.8) is 0 Å². The fourth-order valence-electron chi connectivity index (χ4n) is 1.52. The van der Waals surface area contributed by atoms with Crippen molar-refractivity contribution in [3.05, 3.63) is 58.1 Å². The van der Waals surface area contributed by atoms with Crippen LogP contribution in [0.3, 0.4) is 0 Å². The number of phenolic OH excluding ortho intramolecular Hbond substituents is 1. The van der Waals surface area contributed by atoms with Crippen molar-refractivity contribution < 1.29 is 10.0 Å². The van der Waals surface area contributed by atoms with Crippen LogP contribution >= 0.6 is 0 Å². The maximum Gasteiger partial charge on any atom is 0.296 e. The molecule has 0 aromatic heterocycles. The summed E-state index contributed by atoms with van der Waals surface area (Å²) in [5.41, 5.74) is 1.15. The molecule has 0 aliphatic heterocycles. The van der Waals surface area contributed by atoms with E-state index in [1.54, 1.807) is 30.3 Å². The second kappa shape index (κ2) is 5.26. The van der Waals surface area contributed by atoms with Gasteiger partial charge in [0.2, 0.25) is 0 Å². The molecule has 0 bridgehead atoms. The zero-order chi connectivity index (χ0) is 13.8. The van der Waals surface area contributed by atoms with Crippen molar-refractivity contribution in [2.75, 3.05) is 0 Å². The SMILES string of the molecule is Cc1ccc([N+](=O)[O-])c(N=Nc2ccccc2O)c1. The second-order valence-electron chi connectivity index (χ2n) is 3.94. The molecule has 0 radical (unpaired) electrons. The van der Waals surface area contributed by atoms with Crippen molar-refractivity contribution in [1.82, 2.24) is 0 Å². The first-order chi connectivity index (χ1) is 9.08. The van der Waals surface area contributed by atoms with Gasteiger partial charge in [0.1, 0.15) is 11.4 Å². The molecule has 6 heteroatoms. The second-order valence-corrected chi connectivity index (χ2v) is 3.94. The number of nitro groups is 1. The highest BCUT2D eigenvalue weighted by Gasteiger charge is 2.13. The summed E-state index contributed by atoms with van der Waals surface area (Å²) < 4.78 is 0. The van der Waals surface area contributed by atoms with Gasteiger partial charge in [-0.1, -0.05) is 18.2 Å². The third kappa shape index (κ3) is 2.92. The average molecular weight is 257 g/mol. The molecular formula is C13H11N3O3. The predicted molar refractivity (Wildman–Crippen MR) is 70.1 cm³/mol. The number of para-hydroxylation sites is 1. The van der Waals surface area contributed by atoms with Crippen LogP contribution < -0.4 is 0 Å². The highest BCUT2D eigenvalue weighted by atomic mass is 16.6. The lowest BCUT2D eigenvalue weighted by Gasteiger charge is -1.99. The highest BCUT2D eigenvalue weighted by molar-refractivity contribution is 5.59. The van der Waals surface area contributed by atoms with Gasteiger partial charge in [-0.15, -0.1) is 10.2 Å². The molecule has 1 N–H and O–H groups in total. The summed E-state index contributed by atoms with van der Waals surface area (Å²) in [6.45, 7) is 1.81. The Morgan fingerprint density at radius 3 is 2.47 bits per heavy atom. The van der Waals surface area contributed by atoms with E-state index in [0.29, 0.717) is 0 Å². The maximum atomic E-state index is 10.9. The molecule has 0 saturated heterocycles. The lowest BCUT2D eigenvalue weighted by molar-refractivity contribution is -0.384. The summed E-state index contributed by atoms with van der Waals surface area (Å²) in [6.07, 6.45) is 0. The fraction of sp³-hybridized carbons (Fsp3) is 0.0769. The minimum absolute atomic E-state index is 0.0263. The Balaban J connectivity index is 2.41. The molecule has 0 saturated carbocycles. The minimum Gasteiger partial charge on any atom is -0.506 e. The molecule has 96 valence electrons. The van der Waals surface area contributed by atoms with Gasteiger partial charge < -0.3 is 5.11 Å². The van der Waals surface area contributed by atoms with Crippen molar-refractivity contribution in [1.29, 1.82) is 0 Å². The molecule has 0 spiro atoms. The molecule has 0 heterocycles. The van der Waals surface area contributed by atoms with Gasteiger partial charge in [-0.25, -0.2) is 0 Å². The number of aryl methyl sites for hydroxylation is 1. The monoisotopic (exact) mass is 257 g/mol. The molecule has 0 amide bonds. The molecule has 0 fully saturated rings. The van der Waals surface area contributed by atoms with E-state index in [1.165, 1.54) is 12.1 Å². The number of benzene rings is 2. The summed E-state index contributed by atoms with van der Waals surface area (Å²) in [6, 6.07) is 11.0. The number of hydrogen-bond acceptors (Lipinski definition) is 5. The quantitative estimate of drug-likeness (QED) is 0.511. The Labute approximate surface area is 109 Å². The molecule has 2 aromatic rings. The molecule has 0 unspecified atom stereocenters. The average Bonchev–Trinajstić information content (AvgIpc) is 2.37. The van der Waals surface area contributed by atoms with E-state index in [2.05, 4.69) is 10.2 Å². The Bertz CT molecular complexity index is 653. The van der Waals surface area contributed by atoms with Crippen LogP contribution in [0.2, 0.25) is 0 Å². The number of hydrogen-bond donors (Lipinski definition) is 1. The van der Waals surface area contributed by atoms with Crippen LogP contribution in [0.25, 0.3) is 0 Å². The third-order valence-electron chi connectivity index (χ3n) is 2.47. The van der Waals surface area contributed by atoms with Crippen LogP contribution in [0, 0.1) is 17.0 Å². The molecule has 0 atom stereocenters. The van der Waals surface area contributed by atoms with Crippen LogP contribution in [0.15, 0.2) is 52.7 Å². The van der Waals surface area contributed by atoms with Crippen LogP contribution in [0.1, 0.15) is 5.56 Å². The molecule has 2 rings (SSSR count). The van der Waals surface area contributed by atoms with Crippen LogP contribution in [0.5, 0.6) is 5.75 Å². The van der Waals surface area contributed by atoms with Gasteiger partial charge in [-0.05, 0) is 30.7 Å².